The summed E-state index contributed by atoms with van der Waals surface area (Å²) in [5, 5.41) is 0.841. The topological polar surface area (TPSA) is 133 Å². The van der Waals surface area contributed by atoms with Crippen molar-refractivity contribution in [3.63, 3.8) is 0 Å². The van der Waals surface area contributed by atoms with E-state index in [1.165, 1.54) is 11.0 Å². The number of nitrogens with two attached hydrogens (primary N) is 1. The van der Waals surface area contributed by atoms with Gasteiger partial charge in [-0.25, -0.2) is 9.59 Å². The van der Waals surface area contributed by atoms with Gasteiger partial charge < -0.3 is 30.2 Å². The Morgan fingerprint density at radius 3 is 2.38 bits per heavy atom. The molecule has 6 heterocycles. The average Bonchev–Trinajstić information content (AvgIpc) is 3.83. The minimum absolute atomic E-state index is 0.0454. The number of para-hydroxylation sites is 1. The number of imidazole rings is 1. The summed E-state index contributed by atoms with van der Waals surface area (Å²) in [6, 6.07) is 11.2. The molecule has 3 N–H and O–H groups in total. The molecule has 4 fully saturated rings. The minimum atomic E-state index is -4.72. The molecule has 2 aromatic heterocycles. The van der Waals surface area contributed by atoms with Gasteiger partial charge in [-0.1, -0.05) is 18.2 Å². The number of likely N-dealkylation sites (tertiary alicyclic amines) is 4. The number of aromatic amines is 1. The first-order valence-corrected chi connectivity index (χ1v) is 19.0. The number of aromatic nitrogens is 3. The Morgan fingerprint density at radius 1 is 1.00 bits per heavy atom. The molecule has 0 spiro atoms. The Morgan fingerprint density at radius 2 is 1.70 bits per heavy atom. The lowest BCUT2D eigenvalue weighted by Crippen LogP contribution is -2.54. The highest BCUT2D eigenvalue weighted by Gasteiger charge is 2.45. The number of carbonyl (C=O) groups excluding carboxylic acids is 2. The summed E-state index contributed by atoms with van der Waals surface area (Å²) in [6.45, 7) is 3.52. The zero-order chi connectivity index (χ0) is 37.2. The maximum absolute atomic E-state index is 14.1. The number of likely N-dealkylation sites (N-methyl/N-ethyl adjacent to an activating group) is 1. The standard InChI is InChI=1S/C37H42BrF3N8O4/c1-45-19-25-17-24(45)20-48(25)22-6-10-46(11-7-22)34(50)31(16-21-14-27(37(39,40)41)32(42)28(38)15-21)53-36(52)47-12-8-23(9-13-47)49-30-18-43-29-5-3-2-4-26(29)33(30)44-35(49)51/h2-5,14-15,18,22-25,31H,6-13,16-17,19-20,42H2,1H3,(H,44,51)/t24?,25?,31-/m1/s1. The van der Waals surface area contributed by atoms with E-state index >= 15 is 0 Å². The number of benzene rings is 2. The van der Waals surface area contributed by atoms with E-state index in [9.17, 15) is 27.6 Å². The van der Waals surface area contributed by atoms with Crippen LogP contribution in [0.5, 0.6) is 0 Å². The number of carbonyl (C=O) groups is 2. The first kappa shape index (κ1) is 35.9. The van der Waals surface area contributed by atoms with Crippen molar-refractivity contribution in [3.8, 4) is 0 Å². The molecule has 282 valence electrons. The first-order chi connectivity index (χ1) is 25.4. The van der Waals surface area contributed by atoms with Crippen molar-refractivity contribution in [2.24, 2.45) is 0 Å². The van der Waals surface area contributed by atoms with Gasteiger partial charge >= 0.3 is 18.0 Å². The molecule has 8 rings (SSSR count). The molecule has 0 aliphatic carbocycles. The van der Waals surface area contributed by atoms with Crippen molar-refractivity contribution < 1.29 is 27.5 Å². The highest BCUT2D eigenvalue weighted by molar-refractivity contribution is 9.10. The summed E-state index contributed by atoms with van der Waals surface area (Å²) < 4.78 is 49.4. The minimum Gasteiger partial charge on any atom is -0.436 e. The van der Waals surface area contributed by atoms with Crippen molar-refractivity contribution in [1.82, 2.24) is 34.1 Å². The van der Waals surface area contributed by atoms with E-state index in [1.807, 2.05) is 24.3 Å². The smallest absolute Gasteiger partial charge is 0.418 e. The molecule has 4 saturated heterocycles. The zero-order valence-electron chi connectivity index (χ0n) is 29.3. The first-order valence-electron chi connectivity index (χ1n) is 18.2. The van der Waals surface area contributed by atoms with E-state index in [1.54, 1.807) is 15.7 Å². The molecule has 53 heavy (non-hydrogen) atoms. The Bertz CT molecular complexity index is 2110. The van der Waals surface area contributed by atoms with Gasteiger partial charge in [0, 0.05) is 79.7 Å². The van der Waals surface area contributed by atoms with E-state index in [2.05, 4.69) is 42.7 Å². The molecule has 0 saturated carbocycles. The second-order valence-corrected chi connectivity index (χ2v) is 15.8. The number of H-pyrrole nitrogens is 1. The van der Waals surface area contributed by atoms with Crippen molar-refractivity contribution in [2.75, 3.05) is 52.0 Å². The number of ether oxygens (including phenoxy) is 1. The summed E-state index contributed by atoms with van der Waals surface area (Å²) in [6.07, 6.45) is -1.74. The number of nitrogens with zero attached hydrogens (tertiary/aromatic N) is 6. The van der Waals surface area contributed by atoms with Gasteiger partial charge in [0.15, 0.2) is 6.10 Å². The van der Waals surface area contributed by atoms with Gasteiger partial charge in [0.05, 0.1) is 34.0 Å². The molecule has 2 bridgehead atoms. The third kappa shape index (κ3) is 6.78. The Kier molecular flexibility index (Phi) is 9.42. The number of amides is 2. The van der Waals surface area contributed by atoms with Crippen molar-refractivity contribution in [1.29, 1.82) is 0 Å². The number of hydrogen-bond donors (Lipinski definition) is 2. The number of halogens is 4. The fraction of sp³-hybridized carbons (Fsp3) is 0.514. The Hall–Kier alpha value is -4.15. The van der Waals surface area contributed by atoms with E-state index in [4.69, 9.17) is 10.5 Å². The number of nitrogens with one attached hydrogen (secondary N) is 1. The Labute approximate surface area is 312 Å². The van der Waals surface area contributed by atoms with Crippen LogP contribution in [0.25, 0.3) is 21.9 Å². The normalized spacial score (nSPS) is 22.7. The summed E-state index contributed by atoms with van der Waals surface area (Å²) in [5.41, 5.74) is 6.35. The average molecular weight is 800 g/mol. The van der Waals surface area contributed by atoms with Gasteiger partial charge in [0.2, 0.25) is 0 Å². The van der Waals surface area contributed by atoms with Crippen LogP contribution < -0.4 is 11.4 Å². The Balaban J connectivity index is 0.973. The molecule has 0 radical (unpaired) electrons. The highest BCUT2D eigenvalue weighted by atomic mass is 79.9. The number of fused-ring (bicyclic) bond motifs is 5. The summed E-state index contributed by atoms with van der Waals surface area (Å²) in [7, 11) is 2.16. The number of piperazine rings is 1. The highest BCUT2D eigenvalue weighted by Crippen LogP contribution is 2.39. The monoisotopic (exact) mass is 798 g/mol. The van der Waals surface area contributed by atoms with Crippen LogP contribution in [0, 0.1) is 0 Å². The summed E-state index contributed by atoms with van der Waals surface area (Å²) >= 11 is 3.14. The lowest BCUT2D eigenvalue weighted by atomic mass is 9.99. The predicted octanol–water partition coefficient (Wildman–Crippen LogP) is 5.01. The number of piperidine rings is 2. The van der Waals surface area contributed by atoms with Crippen LogP contribution >= 0.6 is 15.9 Å². The number of alkyl halides is 3. The maximum Gasteiger partial charge on any atom is 0.418 e. The van der Waals surface area contributed by atoms with Gasteiger partial charge in [-0.05, 0) is 78.8 Å². The van der Waals surface area contributed by atoms with Gasteiger partial charge in [-0.3, -0.25) is 19.2 Å². The van der Waals surface area contributed by atoms with Gasteiger partial charge in [0.25, 0.3) is 5.91 Å². The molecule has 4 aliphatic rings. The second kappa shape index (κ2) is 13.9. The fourth-order valence-corrected chi connectivity index (χ4v) is 9.48. The summed E-state index contributed by atoms with van der Waals surface area (Å²) in [5.74, 6) is -0.430. The van der Waals surface area contributed by atoms with Gasteiger partial charge in [-0.2, -0.15) is 13.2 Å². The van der Waals surface area contributed by atoms with Crippen LogP contribution in [-0.2, 0) is 22.1 Å². The largest absolute Gasteiger partial charge is 0.436 e. The van der Waals surface area contributed by atoms with E-state index in [0.717, 1.165) is 49.3 Å². The lowest BCUT2D eigenvalue weighted by Gasteiger charge is -2.42. The van der Waals surface area contributed by atoms with Crippen LogP contribution in [0.4, 0.5) is 23.7 Å². The predicted molar refractivity (Wildman–Crippen MR) is 196 cm³/mol. The second-order valence-electron chi connectivity index (χ2n) is 14.9. The van der Waals surface area contributed by atoms with Crippen LogP contribution in [-0.4, -0.2) is 117 Å². The molecular weight excluding hydrogens is 757 g/mol. The molecule has 16 heteroatoms. The molecule has 2 amide bonds. The quantitative estimate of drug-likeness (QED) is 0.261. The fourth-order valence-electron chi connectivity index (χ4n) is 8.97. The van der Waals surface area contributed by atoms with Crippen molar-refractivity contribution >= 4 is 55.6 Å². The molecule has 4 aromatic rings. The number of nitrogen functional groups attached to an aromatic ring is 1. The molecule has 4 aliphatic heterocycles. The third-order valence-electron chi connectivity index (χ3n) is 11.8. The van der Waals surface area contributed by atoms with E-state index < -0.39 is 35.5 Å². The molecular formula is C37H42BrF3N8O4. The molecule has 2 aromatic carbocycles. The van der Waals surface area contributed by atoms with Gasteiger partial charge in [-0.15, -0.1) is 0 Å². The third-order valence-corrected chi connectivity index (χ3v) is 12.4. The van der Waals surface area contributed by atoms with E-state index in [-0.39, 0.29) is 41.3 Å². The molecule has 3 atom stereocenters. The molecule has 2 unspecified atom stereocenters. The zero-order valence-corrected chi connectivity index (χ0v) is 30.9. The van der Waals surface area contributed by atoms with Crippen LogP contribution in [0.1, 0.15) is 49.3 Å². The van der Waals surface area contributed by atoms with Gasteiger partial charge in [0.1, 0.15) is 0 Å². The van der Waals surface area contributed by atoms with Crippen LogP contribution in [0.2, 0.25) is 0 Å². The molecule has 12 nitrogen and oxygen atoms in total. The number of anilines is 1. The van der Waals surface area contributed by atoms with Crippen molar-refractivity contribution in [3.05, 3.63) is 68.7 Å². The maximum atomic E-state index is 14.1. The SMILES string of the molecule is CN1CC2CC1CN2C1CCN(C(=O)[C@@H](Cc2cc(Br)c(N)c(C(F)(F)F)c2)OC(=O)N2CCC(n3c(=O)[nH]c4c5ccccc5ncc43)CC2)CC1. The summed E-state index contributed by atoms with van der Waals surface area (Å²) in [4.78, 5) is 56.6. The van der Waals surface area contributed by atoms with Crippen molar-refractivity contribution in [2.45, 2.75) is 75.0 Å². The number of hydrogen-bond acceptors (Lipinski definition) is 8. The van der Waals surface area contributed by atoms with E-state index in [0.29, 0.717) is 55.1 Å². The number of rotatable bonds is 6. The lowest BCUT2D eigenvalue weighted by molar-refractivity contribution is -0.142. The van der Waals surface area contributed by atoms with Crippen LogP contribution in [0.3, 0.4) is 0 Å². The number of pyridine rings is 1. The van der Waals surface area contributed by atoms with Crippen LogP contribution in [0.15, 0.2) is 51.9 Å².